The third-order valence-electron chi connectivity index (χ3n) is 3.38. The van der Waals surface area contributed by atoms with E-state index in [4.69, 9.17) is 4.74 Å². The highest BCUT2D eigenvalue weighted by atomic mass is 16.5. The van der Waals surface area contributed by atoms with Gasteiger partial charge in [-0.2, -0.15) is 0 Å². The molecule has 15 heavy (non-hydrogen) atoms. The first-order valence-electron chi connectivity index (χ1n) is 5.92. The molecule has 2 N–H and O–H groups in total. The summed E-state index contributed by atoms with van der Waals surface area (Å²) in [5.74, 6) is 0. The van der Waals surface area contributed by atoms with Gasteiger partial charge >= 0.3 is 0 Å². The van der Waals surface area contributed by atoms with Crippen LogP contribution in [0.2, 0.25) is 0 Å². The minimum atomic E-state index is -0.121. The summed E-state index contributed by atoms with van der Waals surface area (Å²) in [5, 5.41) is 12.8. The first-order valence-corrected chi connectivity index (χ1v) is 5.92. The third-order valence-corrected chi connectivity index (χ3v) is 3.38. The van der Waals surface area contributed by atoms with Crippen molar-refractivity contribution in [3.05, 3.63) is 12.3 Å². The Balaban J connectivity index is 2.35. The molecule has 1 unspecified atom stereocenters. The number of rotatable bonds is 6. The molecule has 0 amide bonds. The van der Waals surface area contributed by atoms with Crippen LogP contribution in [0.1, 0.15) is 39.5 Å². The van der Waals surface area contributed by atoms with Crippen molar-refractivity contribution in [1.29, 1.82) is 0 Å². The van der Waals surface area contributed by atoms with Gasteiger partial charge < -0.3 is 15.2 Å². The molecule has 0 aliphatic carbocycles. The van der Waals surface area contributed by atoms with Gasteiger partial charge in [-0.25, -0.2) is 0 Å². The zero-order valence-corrected chi connectivity index (χ0v) is 9.83. The summed E-state index contributed by atoms with van der Waals surface area (Å²) in [6, 6.07) is 0. The van der Waals surface area contributed by atoms with Gasteiger partial charge in [0.15, 0.2) is 0 Å². The van der Waals surface area contributed by atoms with Crippen LogP contribution < -0.4 is 5.32 Å². The number of hydrogen-bond donors (Lipinski definition) is 2. The number of aliphatic hydroxyl groups is 1. The van der Waals surface area contributed by atoms with Crippen molar-refractivity contribution >= 4 is 0 Å². The summed E-state index contributed by atoms with van der Waals surface area (Å²) in [5.41, 5.74) is -0.121. The molecule has 0 saturated heterocycles. The van der Waals surface area contributed by atoms with Crippen molar-refractivity contribution in [1.82, 2.24) is 5.32 Å². The predicted octanol–water partition coefficient (Wildman–Crippen LogP) is 1.82. The summed E-state index contributed by atoms with van der Waals surface area (Å²) in [4.78, 5) is 0. The van der Waals surface area contributed by atoms with E-state index in [9.17, 15) is 5.11 Å². The molecule has 1 aliphatic heterocycles. The van der Waals surface area contributed by atoms with Gasteiger partial charge in [0.25, 0.3) is 0 Å². The van der Waals surface area contributed by atoms with Crippen molar-refractivity contribution in [2.45, 2.75) is 51.2 Å². The molecule has 0 bridgehead atoms. The normalized spacial score (nSPS) is 21.4. The van der Waals surface area contributed by atoms with Crippen molar-refractivity contribution in [3.8, 4) is 0 Å². The van der Waals surface area contributed by atoms with Gasteiger partial charge in [-0.05, 0) is 31.8 Å². The minimum Gasteiger partial charge on any atom is -0.497 e. The fraction of sp³-hybridized carbons (Fsp3) is 0.833. The fourth-order valence-corrected chi connectivity index (χ4v) is 1.84. The van der Waals surface area contributed by atoms with Crippen LogP contribution in [0.25, 0.3) is 0 Å². The lowest BCUT2D eigenvalue weighted by molar-refractivity contribution is 0.0907. The largest absolute Gasteiger partial charge is 0.497 e. The molecular weight excluding hydrogens is 190 g/mol. The highest BCUT2D eigenvalue weighted by Crippen LogP contribution is 2.16. The summed E-state index contributed by atoms with van der Waals surface area (Å²) in [6.45, 7) is 5.23. The van der Waals surface area contributed by atoms with Crippen LogP contribution in [0.4, 0.5) is 0 Å². The average Bonchev–Trinajstić information content (AvgIpc) is 2.33. The van der Waals surface area contributed by atoms with Crippen LogP contribution >= 0.6 is 0 Å². The van der Waals surface area contributed by atoms with E-state index in [1.54, 1.807) is 6.26 Å². The smallest absolute Gasteiger partial charge is 0.110 e. The standard InChI is InChI=1S/C12H23NO2/c1-3-12(4-2,10-14)13-9-11-7-5-6-8-15-11/h6,8,11,13-14H,3-5,7,9-10H2,1-2H3. The molecule has 0 aromatic carbocycles. The Morgan fingerprint density at radius 3 is 2.67 bits per heavy atom. The summed E-state index contributed by atoms with van der Waals surface area (Å²) >= 11 is 0. The molecule has 0 spiro atoms. The second-order valence-electron chi connectivity index (χ2n) is 4.23. The van der Waals surface area contributed by atoms with Gasteiger partial charge in [0.2, 0.25) is 0 Å². The zero-order chi connectivity index (χ0) is 11.1. The van der Waals surface area contributed by atoms with Crippen LogP contribution in [-0.4, -0.2) is 29.9 Å². The van der Waals surface area contributed by atoms with E-state index >= 15 is 0 Å². The Morgan fingerprint density at radius 2 is 2.20 bits per heavy atom. The summed E-state index contributed by atoms with van der Waals surface area (Å²) in [6.07, 6.45) is 8.16. The number of hydrogen-bond acceptors (Lipinski definition) is 3. The highest BCUT2D eigenvalue weighted by Gasteiger charge is 2.25. The second-order valence-corrected chi connectivity index (χ2v) is 4.23. The molecule has 0 saturated carbocycles. The van der Waals surface area contributed by atoms with E-state index in [0.717, 1.165) is 32.2 Å². The number of aliphatic hydroxyl groups excluding tert-OH is 1. The van der Waals surface area contributed by atoms with Crippen molar-refractivity contribution < 1.29 is 9.84 Å². The summed E-state index contributed by atoms with van der Waals surface area (Å²) in [7, 11) is 0. The predicted molar refractivity (Wildman–Crippen MR) is 61.6 cm³/mol. The molecule has 1 heterocycles. The fourth-order valence-electron chi connectivity index (χ4n) is 1.84. The Labute approximate surface area is 92.5 Å². The van der Waals surface area contributed by atoms with E-state index in [1.807, 2.05) is 0 Å². The van der Waals surface area contributed by atoms with Gasteiger partial charge in [0.05, 0.1) is 12.9 Å². The van der Waals surface area contributed by atoms with E-state index in [-0.39, 0.29) is 18.2 Å². The molecule has 3 nitrogen and oxygen atoms in total. The molecule has 88 valence electrons. The Kier molecular flexibility index (Phi) is 5.12. The topological polar surface area (TPSA) is 41.5 Å². The van der Waals surface area contributed by atoms with E-state index in [0.29, 0.717) is 0 Å². The van der Waals surface area contributed by atoms with Crippen molar-refractivity contribution in [2.24, 2.45) is 0 Å². The van der Waals surface area contributed by atoms with Crippen LogP contribution in [-0.2, 0) is 4.74 Å². The van der Waals surface area contributed by atoms with Gasteiger partial charge in [0.1, 0.15) is 6.10 Å². The third kappa shape index (κ3) is 3.50. The molecule has 0 fully saturated rings. The van der Waals surface area contributed by atoms with Crippen LogP contribution in [0.5, 0.6) is 0 Å². The lowest BCUT2D eigenvalue weighted by atomic mass is 9.93. The highest BCUT2D eigenvalue weighted by molar-refractivity contribution is 4.88. The maximum absolute atomic E-state index is 9.39. The molecule has 0 aromatic rings. The lowest BCUT2D eigenvalue weighted by Gasteiger charge is -2.33. The first-order chi connectivity index (χ1) is 7.26. The summed E-state index contributed by atoms with van der Waals surface area (Å²) < 4.78 is 5.48. The molecule has 1 aliphatic rings. The SMILES string of the molecule is CCC(CC)(CO)NCC1CCC=CO1. The number of nitrogens with one attached hydrogen (secondary N) is 1. The first kappa shape index (κ1) is 12.5. The maximum atomic E-state index is 9.39. The van der Waals surface area contributed by atoms with Gasteiger partial charge in [-0.3, -0.25) is 0 Å². The molecule has 1 atom stereocenters. The molecular formula is C12H23NO2. The van der Waals surface area contributed by atoms with Gasteiger partial charge in [0, 0.05) is 12.1 Å². The van der Waals surface area contributed by atoms with Crippen molar-refractivity contribution in [3.63, 3.8) is 0 Å². The second kappa shape index (κ2) is 6.13. The van der Waals surface area contributed by atoms with Gasteiger partial charge in [-0.15, -0.1) is 0 Å². The maximum Gasteiger partial charge on any atom is 0.110 e. The molecule has 3 heteroatoms. The quantitative estimate of drug-likeness (QED) is 0.707. The zero-order valence-electron chi connectivity index (χ0n) is 9.83. The molecule has 0 radical (unpaired) electrons. The minimum absolute atomic E-state index is 0.121. The number of ether oxygens (including phenoxy) is 1. The Morgan fingerprint density at radius 1 is 1.47 bits per heavy atom. The van der Waals surface area contributed by atoms with Crippen LogP contribution in [0, 0.1) is 0 Å². The Hall–Kier alpha value is -0.540. The lowest BCUT2D eigenvalue weighted by Crippen LogP contribution is -2.50. The van der Waals surface area contributed by atoms with E-state index in [2.05, 4.69) is 25.2 Å². The van der Waals surface area contributed by atoms with Gasteiger partial charge in [-0.1, -0.05) is 13.8 Å². The monoisotopic (exact) mass is 213 g/mol. The molecule has 0 aromatic heterocycles. The van der Waals surface area contributed by atoms with E-state index in [1.165, 1.54) is 0 Å². The number of allylic oxidation sites excluding steroid dienone is 1. The van der Waals surface area contributed by atoms with Crippen LogP contribution in [0.15, 0.2) is 12.3 Å². The van der Waals surface area contributed by atoms with Crippen LogP contribution in [0.3, 0.4) is 0 Å². The molecule has 1 rings (SSSR count). The van der Waals surface area contributed by atoms with E-state index < -0.39 is 0 Å². The Bertz CT molecular complexity index is 192. The van der Waals surface area contributed by atoms with Crippen molar-refractivity contribution in [2.75, 3.05) is 13.2 Å². The average molecular weight is 213 g/mol.